The van der Waals surface area contributed by atoms with Crippen LogP contribution in [0.1, 0.15) is 40.0 Å². The third-order valence-corrected chi connectivity index (χ3v) is 8.35. The number of para-hydroxylation sites is 1. The van der Waals surface area contributed by atoms with Crippen molar-refractivity contribution >= 4 is 43.5 Å². The highest BCUT2D eigenvalue weighted by atomic mass is 79.9. The first-order valence-electron chi connectivity index (χ1n) is 10.8. The van der Waals surface area contributed by atoms with Gasteiger partial charge in [0, 0.05) is 28.8 Å². The molecule has 9 heteroatoms. The smallest absolute Gasteiger partial charge is 0.343 e. The summed E-state index contributed by atoms with van der Waals surface area (Å²) in [6, 6.07) is 19.5. The fraction of sp³-hybridized carbons (Fsp3) is 0.200. The Morgan fingerprint density at radius 2 is 1.50 bits per heavy atom. The van der Waals surface area contributed by atoms with E-state index in [0.717, 1.165) is 19.3 Å². The van der Waals surface area contributed by atoms with E-state index in [1.54, 1.807) is 60.7 Å². The van der Waals surface area contributed by atoms with E-state index in [4.69, 9.17) is 4.74 Å². The van der Waals surface area contributed by atoms with Gasteiger partial charge in [0.15, 0.2) is 0 Å². The molecule has 176 valence electrons. The second-order valence-electron chi connectivity index (χ2n) is 7.84. The molecule has 0 aliphatic carbocycles. The Hall–Kier alpha value is -3.01. The third-order valence-electron chi connectivity index (χ3n) is 5.46. The maximum absolute atomic E-state index is 13.1. The topological polar surface area (TPSA) is 92.8 Å². The van der Waals surface area contributed by atoms with E-state index in [1.165, 1.54) is 10.4 Å². The van der Waals surface area contributed by atoms with Crippen LogP contribution < -0.4 is 10.1 Å². The number of hydrogen-bond acceptors (Lipinski definition) is 5. The van der Waals surface area contributed by atoms with Crippen molar-refractivity contribution in [2.45, 2.75) is 24.2 Å². The number of carbonyl (C=O) groups excluding carboxylic acids is 2. The van der Waals surface area contributed by atoms with Gasteiger partial charge in [0.05, 0.1) is 10.5 Å². The van der Waals surface area contributed by atoms with Gasteiger partial charge in [-0.15, -0.1) is 0 Å². The van der Waals surface area contributed by atoms with Gasteiger partial charge in [-0.25, -0.2) is 13.2 Å². The highest BCUT2D eigenvalue weighted by Gasteiger charge is 2.28. The molecule has 1 amide bonds. The molecule has 0 atom stereocenters. The van der Waals surface area contributed by atoms with Crippen LogP contribution in [0.5, 0.6) is 5.75 Å². The van der Waals surface area contributed by atoms with Crippen LogP contribution in [0.3, 0.4) is 0 Å². The van der Waals surface area contributed by atoms with Gasteiger partial charge in [0.1, 0.15) is 5.75 Å². The van der Waals surface area contributed by atoms with Crippen LogP contribution >= 0.6 is 15.9 Å². The number of ether oxygens (including phenoxy) is 1. The average Bonchev–Trinajstić information content (AvgIpc) is 2.85. The number of rotatable bonds is 6. The molecule has 0 saturated carbocycles. The minimum absolute atomic E-state index is 0.0704. The van der Waals surface area contributed by atoms with Crippen LogP contribution in [0.15, 0.2) is 82.2 Å². The zero-order valence-corrected chi connectivity index (χ0v) is 20.6. The van der Waals surface area contributed by atoms with Crippen molar-refractivity contribution in [3.8, 4) is 5.75 Å². The summed E-state index contributed by atoms with van der Waals surface area (Å²) in [5.74, 6) is -0.526. The van der Waals surface area contributed by atoms with E-state index in [-0.39, 0.29) is 10.5 Å². The zero-order chi connectivity index (χ0) is 24.1. The Morgan fingerprint density at radius 1 is 0.853 bits per heavy atom. The van der Waals surface area contributed by atoms with Crippen LogP contribution in [0.4, 0.5) is 5.69 Å². The number of hydrogen-bond donors (Lipinski definition) is 1. The Bertz CT molecular complexity index is 1290. The molecule has 0 unspecified atom stereocenters. The summed E-state index contributed by atoms with van der Waals surface area (Å²) < 4.78 is 33.4. The molecule has 34 heavy (non-hydrogen) atoms. The maximum atomic E-state index is 13.1. The van der Waals surface area contributed by atoms with Crippen molar-refractivity contribution in [1.82, 2.24) is 4.31 Å². The molecular formula is C25H23BrN2O5S. The van der Waals surface area contributed by atoms with Gasteiger partial charge in [-0.05, 0) is 83.4 Å². The molecule has 3 aromatic rings. The predicted octanol–water partition coefficient (Wildman–Crippen LogP) is 5.10. The number of anilines is 1. The normalized spacial score (nSPS) is 14.4. The standard InChI is InChI=1S/C25H23BrN2O5S/c26-22-14-11-19(17-23(22)34(31,32)28-15-5-2-6-16-28)24(29)27-20-12-9-18(10-13-20)25(30)33-21-7-3-1-4-8-21/h1,3-4,7-14,17H,2,5-6,15-16H2,(H,27,29). The third kappa shape index (κ3) is 5.55. The number of nitrogens with one attached hydrogen (secondary N) is 1. The Kier molecular flexibility index (Phi) is 7.45. The van der Waals surface area contributed by atoms with E-state index >= 15 is 0 Å². The summed E-state index contributed by atoms with van der Waals surface area (Å²) >= 11 is 3.31. The number of sulfonamides is 1. The SMILES string of the molecule is O=C(Nc1ccc(C(=O)Oc2ccccc2)cc1)c1ccc(Br)c(S(=O)(=O)N2CCCCC2)c1. The van der Waals surface area contributed by atoms with E-state index in [0.29, 0.717) is 34.6 Å². The number of esters is 1. The highest BCUT2D eigenvalue weighted by Crippen LogP contribution is 2.28. The van der Waals surface area contributed by atoms with E-state index < -0.39 is 21.9 Å². The molecule has 0 radical (unpaired) electrons. The van der Waals surface area contributed by atoms with E-state index in [9.17, 15) is 18.0 Å². The molecular weight excluding hydrogens is 520 g/mol. The number of halogens is 1. The fourth-order valence-electron chi connectivity index (χ4n) is 3.63. The minimum atomic E-state index is -3.71. The molecule has 1 fully saturated rings. The predicted molar refractivity (Wildman–Crippen MR) is 133 cm³/mol. The highest BCUT2D eigenvalue weighted by molar-refractivity contribution is 9.10. The molecule has 1 aliphatic heterocycles. The number of carbonyl (C=O) groups is 2. The quantitative estimate of drug-likeness (QED) is 0.345. The van der Waals surface area contributed by atoms with Crippen molar-refractivity contribution in [2.24, 2.45) is 0 Å². The van der Waals surface area contributed by atoms with Gasteiger partial charge in [-0.2, -0.15) is 4.31 Å². The molecule has 1 heterocycles. The first-order valence-corrected chi connectivity index (χ1v) is 13.1. The van der Waals surface area contributed by atoms with Gasteiger partial charge in [-0.1, -0.05) is 24.6 Å². The largest absolute Gasteiger partial charge is 0.423 e. The number of amides is 1. The lowest BCUT2D eigenvalue weighted by molar-refractivity contribution is 0.0734. The van der Waals surface area contributed by atoms with E-state index in [1.807, 2.05) is 6.07 Å². The fourth-order valence-corrected chi connectivity index (χ4v) is 6.10. The molecule has 0 bridgehead atoms. The summed E-state index contributed by atoms with van der Waals surface area (Å²) in [6.45, 7) is 0.953. The molecule has 0 spiro atoms. The number of piperidine rings is 1. The van der Waals surface area contributed by atoms with Crippen molar-refractivity contribution in [3.63, 3.8) is 0 Å². The monoisotopic (exact) mass is 542 g/mol. The molecule has 1 aliphatic rings. The Morgan fingerprint density at radius 3 is 2.18 bits per heavy atom. The first kappa shape index (κ1) is 24.1. The van der Waals surface area contributed by atoms with Crippen molar-refractivity contribution in [1.29, 1.82) is 0 Å². The molecule has 7 nitrogen and oxygen atoms in total. The number of nitrogens with zero attached hydrogens (tertiary/aromatic N) is 1. The lowest BCUT2D eigenvalue weighted by atomic mass is 10.2. The lowest BCUT2D eigenvalue weighted by Crippen LogP contribution is -2.35. The Balaban J connectivity index is 1.46. The summed E-state index contributed by atoms with van der Waals surface area (Å²) in [6.07, 6.45) is 2.66. The van der Waals surface area contributed by atoms with Crippen LogP contribution in [-0.4, -0.2) is 37.7 Å². The van der Waals surface area contributed by atoms with Gasteiger partial charge in [0.2, 0.25) is 10.0 Å². The van der Waals surface area contributed by atoms with Crippen LogP contribution in [0.2, 0.25) is 0 Å². The van der Waals surface area contributed by atoms with Crippen LogP contribution in [0.25, 0.3) is 0 Å². The van der Waals surface area contributed by atoms with Crippen molar-refractivity contribution in [3.05, 3.63) is 88.4 Å². The zero-order valence-electron chi connectivity index (χ0n) is 18.2. The summed E-state index contributed by atoms with van der Waals surface area (Å²) in [5, 5.41) is 2.74. The lowest BCUT2D eigenvalue weighted by Gasteiger charge is -2.26. The second kappa shape index (κ2) is 10.5. The van der Waals surface area contributed by atoms with Crippen molar-refractivity contribution in [2.75, 3.05) is 18.4 Å². The van der Waals surface area contributed by atoms with Crippen LogP contribution in [-0.2, 0) is 10.0 Å². The maximum Gasteiger partial charge on any atom is 0.343 e. The van der Waals surface area contributed by atoms with Crippen molar-refractivity contribution < 1.29 is 22.7 Å². The van der Waals surface area contributed by atoms with Crippen LogP contribution in [0, 0.1) is 0 Å². The molecule has 4 rings (SSSR count). The second-order valence-corrected chi connectivity index (χ2v) is 10.6. The molecule has 1 N–H and O–H groups in total. The number of benzene rings is 3. The van der Waals surface area contributed by atoms with E-state index in [2.05, 4.69) is 21.2 Å². The molecule has 1 saturated heterocycles. The van der Waals surface area contributed by atoms with Gasteiger partial charge in [0.25, 0.3) is 5.91 Å². The Labute approximate surface area is 206 Å². The minimum Gasteiger partial charge on any atom is -0.423 e. The summed E-state index contributed by atoms with van der Waals surface area (Å²) in [4.78, 5) is 25.2. The van der Waals surface area contributed by atoms with Gasteiger partial charge >= 0.3 is 5.97 Å². The average molecular weight is 543 g/mol. The van der Waals surface area contributed by atoms with Gasteiger partial charge < -0.3 is 10.1 Å². The van der Waals surface area contributed by atoms with Gasteiger partial charge in [-0.3, -0.25) is 4.79 Å². The first-order chi connectivity index (χ1) is 16.3. The molecule has 0 aromatic heterocycles. The summed E-state index contributed by atoms with van der Waals surface area (Å²) in [5.41, 5.74) is 1.01. The molecule has 3 aromatic carbocycles. The summed E-state index contributed by atoms with van der Waals surface area (Å²) in [7, 11) is -3.71.